The number of non-ortho nitro benzene ring substituents is 1. The van der Waals surface area contributed by atoms with Crippen LogP contribution in [0.15, 0.2) is 30.5 Å². The maximum atomic E-state index is 11.1. The van der Waals surface area contributed by atoms with Gasteiger partial charge in [0, 0.05) is 22.5 Å². The number of alkyl halides is 1. The summed E-state index contributed by atoms with van der Waals surface area (Å²) in [6, 6.07) is 7.12. The number of hydrogen-bond donors (Lipinski definition) is 0. The van der Waals surface area contributed by atoms with E-state index in [-0.39, 0.29) is 10.6 Å². The summed E-state index contributed by atoms with van der Waals surface area (Å²) in [4.78, 5) is 15.2. The fraction of sp³-hybridized carbons (Fsp3) is 0.400. The molecule has 1 aromatic heterocycles. The Balaban J connectivity index is 2.40. The molecule has 0 saturated carbocycles. The van der Waals surface area contributed by atoms with E-state index < -0.39 is 0 Å². The van der Waals surface area contributed by atoms with Crippen molar-refractivity contribution < 1.29 is 4.92 Å². The van der Waals surface area contributed by atoms with Gasteiger partial charge in [-0.3, -0.25) is 10.1 Å². The Morgan fingerprint density at radius 3 is 2.75 bits per heavy atom. The Hall–Kier alpha value is -1.49. The third kappa shape index (κ3) is 3.33. The smallest absolute Gasteiger partial charge is 0.258 e. The molecule has 0 saturated heterocycles. The lowest BCUT2D eigenvalue weighted by atomic mass is 9.99. The molecule has 0 radical (unpaired) electrons. The normalized spacial score (nSPS) is 12.8. The highest BCUT2D eigenvalue weighted by Gasteiger charge is 2.17. The molecule has 0 aliphatic carbocycles. The van der Waals surface area contributed by atoms with Gasteiger partial charge in [-0.15, -0.1) is 0 Å². The van der Waals surface area contributed by atoms with E-state index in [1.165, 1.54) is 0 Å². The number of aromatic nitrogens is 1. The van der Waals surface area contributed by atoms with E-state index in [9.17, 15) is 10.1 Å². The van der Waals surface area contributed by atoms with Gasteiger partial charge in [-0.25, -0.2) is 4.98 Å². The predicted octanol–water partition coefficient (Wildman–Crippen LogP) is 4.50. The summed E-state index contributed by atoms with van der Waals surface area (Å²) in [6.07, 6.45) is 3.51. The van der Waals surface area contributed by atoms with Gasteiger partial charge in [0.2, 0.25) is 0 Å². The average Bonchev–Trinajstić information content (AvgIpc) is 2.37. The number of fused-ring (bicyclic) bond motifs is 1. The van der Waals surface area contributed by atoms with Gasteiger partial charge in [0.1, 0.15) is 5.52 Å². The Morgan fingerprint density at radius 2 is 2.10 bits per heavy atom. The second kappa shape index (κ2) is 6.31. The van der Waals surface area contributed by atoms with Gasteiger partial charge in [0.05, 0.1) is 4.92 Å². The summed E-state index contributed by atoms with van der Waals surface area (Å²) < 4.78 is 0. The molecule has 0 N–H and O–H groups in total. The third-order valence-electron chi connectivity index (χ3n) is 3.20. The zero-order valence-electron chi connectivity index (χ0n) is 11.5. The zero-order chi connectivity index (χ0) is 14.7. The SMILES string of the molecule is CC(C)CC(Br)Cc1ccc([N+](=O)[O-])c2ncccc12. The van der Waals surface area contributed by atoms with E-state index in [4.69, 9.17) is 0 Å². The highest BCUT2D eigenvalue weighted by Crippen LogP contribution is 2.29. The van der Waals surface area contributed by atoms with E-state index in [2.05, 4.69) is 34.8 Å². The fourth-order valence-electron chi connectivity index (χ4n) is 2.38. The number of nitrogens with zero attached hydrogens (tertiary/aromatic N) is 2. The molecule has 1 aromatic carbocycles. The molecular weight excluding hydrogens is 320 g/mol. The van der Waals surface area contributed by atoms with Crippen LogP contribution in [0.1, 0.15) is 25.8 Å². The van der Waals surface area contributed by atoms with Crippen LogP contribution < -0.4 is 0 Å². The molecular formula is C15H17BrN2O2. The Kier molecular flexibility index (Phi) is 4.70. The molecule has 5 heteroatoms. The predicted molar refractivity (Wildman–Crippen MR) is 84.3 cm³/mol. The van der Waals surface area contributed by atoms with Crippen LogP contribution in [0.5, 0.6) is 0 Å². The van der Waals surface area contributed by atoms with Gasteiger partial charge in [-0.1, -0.05) is 41.9 Å². The standard InChI is InChI=1S/C15H17BrN2O2/c1-10(2)8-12(16)9-11-5-6-14(18(19)20)15-13(11)4-3-7-17-15/h3-7,10,12H,8-9H2,1-2H3. The van der Waals surface area contributed by atoms with Crippen molar-refractivity contribution in [2.45, 2.75) is 31.5 Å². The summed E-state index contributed by atoms with van der Waals surface area (Å²) in [6.45, 7) is 4.37. The first-order valence-electron chi connectivity index (χ1n) is 6.64. The zero-order valence-corrected chi connectivity index (χ0v) is 13.1. The molecule has 0 bridgehead atoms. The van der Waals surface area contributed by atoms with Crippen LogP contribution >= 0.6 is 15.9 Å². The van der Waals surface area contributed by atoms with Crippen molar-refractivity contribution in [1.82, 2.24) is 4.98 Å². The van der Waals surface area contributed by atoms with E-state index in [1.54, 1.807) is 12.3 Å². The summed E-state index contributed by atoms with van der Waals surface area (Å²) in [5, 5.41) is 11.9. The molecule has 0 aliphatic heterocycles. The molecule has 0 spiro atoms. The maximum absolute atomic E-state index is 11.1. The summed E-state index contributed by atoms with van der Waals surface area (Å²) in [5.41, 5.74) is 1.64. The largest absolute Gasteiger partial charge is 0.295 e. The number of halogens is 1. The molecule has 4 nitrogen and oxygen atoms in total. The van der Waals surface area contributed by atoms with Crippen molar-refractivity contribution in [3.8, 4) is 0 Å². The molecule has 0 amide bonds. The van der Waals surface area contributed by atoms with E-state index in [0.717, 1.165) is 23.8 Å². The van der Waals surface area contributed by atoms with Crippen molar-refractivity contribution in [2.75, 3.05) is 0 Å². The number of benzene rings is 1. The lowest BCUT2D eigenvalue weighted by Crippen LogP contribution is -2.07. The lowest BCUT2D eigenvalue weighted by molar-refractivity contribution is -0.383. The van der Waals surface area contributed by atoms with Gasteiger partial charge in [-0.2, -0.15) is 0 Å². The van der Waals surface area contributed by atoms with Gasteiger partial charge < -0.3 is 0 Å². The fourth-order valence-corrected chi connectivity index (χ4v) is 3.47. The first-order chi connectivity index (χ1) is 9.49. The molecule has 20 heavy (non-hydrogen) atoms. The minimum atomic E-state index is -0.376. The molecule has 1 atom stereocenters. The van der Waals surface area contributed by atoms with Crippen molar-refractivity contribution >= 4 is 32.5 Å². The molecule has 0 fully saturated rings. The molecule has 2 rings (SSSR count). The topological polar surface area (TPSA) is 56.0 Å². The summed E-state index contributed by atoms with van der Waals surface area (Å²) in [7, 11) is 0. The molecule has 2 aromatic rings. The number of pyridine rings is 1. The highest BCUT2D eigenvalue weighted by atomic mass is 79.9. The van der Waals surface area contributed by atoms with E-state index >= 15 is 0 Å². The van der Waals surface area contributed by atoms with Crippen LogP contribution in [-0.4, -0.2) is 14.7 Å². The Morgan fingerprint density at radius 1 is 1.35 bits per heavy atom. The first kappa shape index (κ1) is 14.9. The maximum Gasteiger partial charge on any atom is 0.295 e. The Labute approximate surface area is 126 Å². The van der Waals surface area contributed by atoms with Crippen LogP contribution in [0, 0.1) is 16.0 Å². The Bertz CT molecular complexity index is 628. The van der Waals surface area contributed by atoms with Crippen molar-refractivity contribution in [2.24, 2.45) is 5.92 Å². The van der Waals surface area contributed by atoms with Crippen LogP contribution in [0.2, 0.25) is 0 Å². The van der Waals surface area contributed by atoms with Crippen LogP contribution in [0.25, 0.3) is 10.9 Å². The number of rotatable bonds is 5. The van der Waals surface area contributed by atoms with E-state index in [1.807, 2.05) is 18.2 Å². The lowest BCUT2D eigenvalue weighted by Gasteiger charge is -2.13. The van der Waals surface area contributed by atoms with Gasteiger partial charge >= 0.3 is 0 Å². The van der Waals surface area contributed by atoms with Crippen molar-refractivity contribution in [1.29, 1.82) is 0 Å². The number of hydrogen-bond acceptors (Lipinski definition) is 3. The third-order valence-corrected chi connectivity index (χ3v) is 3.90. The summed E-state index contributed by atoms with van der Waals surface area (Å²) in [5.74, 6) is 0.613. The van der Waals surface area contributed by atoms with Crippen LogP contribution in [0.4, 0.5) is 5.69 Å². The van der Waals surface area contributed by atoms with Crippen molar-refractivity contribution in [3.05, 3.63) is 46.1 Å². The molecule has 0 aliphatic rings. The number of nitro benzene ring substituents is 1. The van der Waals surface area contributed by atoms with Gasteiger partial charge in [-0.05, 0) is 30.4 Å². The molecule has 1 heterocycles. The van der Waals surface area contributed by atoms with Crippen molar-refractivity contribution in [3.63, 3.8) is 0 Å². The van der Waals surface area contributed by atoms with E-state index in [0.29, 0.717) is 16.3 Å². The molecule has 106 valence electrons. The first-order valence-corrected chi connectivity index (χ1v) is 7.55. The highest BCUT2D eigenvalue weighted by molar-refractivity contribution is 9.09. The quantitative estimate of drug-likeness (QED) is 0.459. The average molecular weight is 337 g/mol. The monoisotopic (exact) mass is 336 g/mol. The summed E-state index contributed by atoms with van der Waals surface area (Å²) >= 11 is 3.69. The van der Waals surface area contributed by atoms with Crippen LogP contribution in [-0.2, 0) is 6.42 Å². The second-order valence-corrected chi connectivity index (χ2v) is 6.63. The number of nitro groups is 1. The second-order valence-electron chi connectivity index (χ2n) is 5.33. The van der Waals surface area contributed by atoms with Gasteiger partial charge in [0.15, 0.2) is 0 Å². The minimum absolute atomic E-state index is 0.0688. The molecule has 1 unspecified atom stereocenters. The van der Waals surface area contributed by atoms with Gasteiger partial charge in [0.25, 0.3) is 5.69 Å². The van der Waals surface area contributed by atoms with Crippen LogP contribution in [0.3, 0.4) is 0 Å². The minimum Gasteiger partial charge on any atom is -0.258 e.